The largest absolute Gasteiger partial charge is 0.380 e. The molecule has 2 heterocycles. The Labute approximate surface area is 177 Å². The molecule has 1 aromatic heterocycles. The van der Waals surface area contributed by atoms with Crippen LogP contribution in [0.15, 0.2) is 65.6 Å². The van der Waals surface area contributed by atoms with Gasteiger partial charge >= 0.3 is 0 Å². The van der Waals surface area contributed by atoms with Gasteiger partial charge in [0.2, 0.25) is 0 Å². The summed E-state index contributed by atoms with van der Waals surface area (Å²) in [6.07, 6.45) is 2.84. The number of rotatable bonds is 4. The second-order valence-electron chi connectivity index (χ2n) is 7.12. The molecule has 6 nitrogen and oxygen atoms in total. The van der Waals surface area contributed by atoms with Crippen molar-refractivity contribution in [3.63, 3.8) is 0 Å². The fourth-order valence-electron chi connectivity index (χ4n) is 3.54. The van der Waals surface area contributed by atoms with Crippen molar-refractivity contribution in [3.05, 3.63) is 87.6 Å². The third kappa shape index (κ3) is 4.07. The van der Waals surface area contributed by atoms with Crippen LogP contribution >= 0.6 is 11.6 Å². The Hall–Kier alpha value is -3.19. The smallest absolute Gasteiger partial charge is 0.292 e. The summed E-state index contributed by atoms with van der Waals surface area (Å²) < 4.78 is 15.1. The predicted octanol–water partition coefficient (Wildman–Crippen LogP) is 3.74. The summed E-state index contributed by atoms with van der Waals surface area (Å²) in [5, 5.41) is 7.55. The molecule has 8 heteroatoms. The minimum Gasteiger partial charge on any atom is -0.380 e. The fourth-order valence-corrected chi connectivity index (χ4v) is 3.72. The number of piperidine rings is 1. The number of likely N-dealkylation sites (tertiary alicyclic amines) is 1. The van der Waals surface area contributed by atoms with Gasteiger partial charge in [-0.15, -0.1) is 0 Å². The van der Waals surface area contributed by atoms with E-state index in [4.69, 9.17) is 11.6 Å². The molecular formula is C22H20ClFN4O2. The number of anilines is 1. The van der Waals surface area contributed by atoms with E-state index in [9.17, 15) is 14.0 Å². The van der Waals surface area contributed by atoms with Gasteiger partial charge in [0.25, 0.3) is 11.5 Å². The molecule has 1 fully saturated rings. The summed E-state index contributed by atoms with van der Waals surface area (Å²) >= 11 is 6.30. The summed E-state index contributed by atoms with van der Waals surface area (Å²) in [7, 11) is 0. The highest BCUT2D eigenvalue weighted by Crippen LogP contribution is 2.22. The molecule has 0 saturated carbocycles. The molecular weight excluding hydrogens is 407 g/mol. The normalized spacial score (nSPS) is 14.5. The summed E-state index contributed by atoms with van der Waals surface area (Å²) in [5.41, 5.74) is 0.782. The van der Waals surface area contributed by atoms with E-state index < -0.39 is 11.4 Å². The number of benzene rings is 2. The third-order valence-electron chi connectivity index (χ3n) is 5.17. The first kappa shape index (κ1) is 20.1. The van der Waals surface area contributed by atoms with Crippen LogP contribution in [-0.2, 0) is 0 Å². The average molecular weight is 427 g/mol. The first-order chi connectivity index (χ1) is 14.5. The van der Waals surface area contributed by atoms with E-state index >= 15 is 0 Å². The molecule has 0 unspecified atom stereocenters. The Kier molecular flexibility index (Phi) is 5.81. The number of nitrogens with one attached hydrogen (secondary N) is 1. The molecule has 1 aliphatic rings. The maximum absolute atomic E-state index is 13.9. The lowest BCUT2D eigenvalue weighted by atomic mass is 10.0. The van der Waals surface area contributed by atoms with Crippen LogP contribution in [0.25, 0.3) is 5.69 Å². The second-order valence-corrected chi connectivity index (χ2v) is 7.49. The number of amides is 1. The van der Waals surface area contributed by atoms with Crippen LogP contribution in [0.5, 0.6) is 0 Å². The highest BCUT2D eigenvalue weighted by Gasteiger charge is 2.26. The summed E-state index contributed by atoms with van der Waals surface area (Å²) in [5.74, 6) is -0.823. The molecule has 154 valence electrons. The molecule has 1 saturated heterocycles. The van der Waals surface area contributed by atoms with Gasteiger partial charge in [0.05, 0.1) is 23.1 Å². The molecule has 1 aliphatic heterocycles. The lowest BCUT2D eigenvalue weighted by Crippen LogP contribution is -2.42. The number of halogens is 2. The molecule has 0 aliphatic carbocycles. The topological polar surface area (TPSA) is 67.2 Å². The van der Waals surface area contributed by atoms with Crippen LogP contribution in [0.4, 0.5) is 10.1 Å². The number of carbonyl (C=O) groups is 1. The maximum atomic E-state index is 13.9. The van der Waals surface area contributed by atoms with Crippen molar-refractivity contribution in [2.45, 2.75) is 18.9 Å². The van der Waals surface area contributed by atoms with Crippen molar-refractivity contribution in [2.24, 2.45) is 0 Å². The van der Waals surface area contributed by atoms with Crippen molar-refractivity contribution >= 4 is 23.2 Å². The number of aromatic nitrogens is 2. The van der Waals surface area contributed by atoms with Crippen molar-refractivity contribution < 1.29 is 9.18 Å². The first-order valence-corrected chi connectivity index (χ1v) is 10.1. The van der Waals surface area contributed by atoms with Crippen LogP contribution in [0.1, 0.15) is 23.2 Å². The van der Waals surface area contributed by atoms with Gasteiger partial charge in [0.15, 0.2) is 0 Å². The Morgan fingerprint density at radius 2 is 1.73 bits per heavy atom. The minimum atomic E-state index is -0.514. The van der Waals surface area contributed by atoms with Crippen LogP contribution < -0.4 is 10.9 Å². The van der Waals surface area contributed by atoms with Crippen LogP contribution in [0, 0.1) is 5.82 Å². The number of hydrogen-bond donors (Lipinski definition) is 1. The van der Waals surface area contributed by atoms with Gasteiger partial charge in [-0.1, -0.05) is 41.9 Å². The van der Waals surface area contributed by atoms with E-state index in [0.29, 0.717) is 37.3 Å². The number of hydrogen-bond acceptors (Lipinski definition) is 4. The zero-order valence-electron chi connectivity index (χ0n) is 16.1. The van der Waals surface area contributed by atoms with Crippen molar-refractivity contribution in [1.29, 1.82) is 0 Å². The SMILES string of the molecule is O=C(c1ccccc1F)N1CCC(Nc2cnn(-c3ccccc3)c(=O)c2Cl)CC1. The monoisotopic (exact) mass is 426 g/mol. The van der Waals surface area contributed by atoms with E-state index in [2.05, 4.69) is 10.4 Å². The average Bonchev–Trinajstić information content (AvgIpc) is 2.78. The molecule has 2 aromatic carbocycles. The van der Waals surface area contributed by atoms with Gasteiger partial charge < -0.3 is 10.2 Å². The van der Waals surface area contributed by atoms with Crippen LogP contribution in [0.2, 0.25) is 5.02 Å². The Morgan fingerprint density at radius 1 is 1.07 bits per heavy atom. The molecule has 1 amide bonds. The molecule has 4 rings (SSSR count). The molecule has 0 spiro atoms. The molecule has 30 heavy (non-hydrogen) atoms. The number of carbonyl (C=O) groups excluding carboxylic acids is 1. The van der Waals surface area contributed by atoms with Crippen molar-refractivity contribution in [1.82, 2.24) is 14.7 Å². The standard InChI is InChI=1S/C22H20ClFN4O2/c23-20-19(14-25-28(22(20)30)16-6-2-1-3-7-16)26-15-10-12-27(13-11-15)21(29)17-8-4-5-9-18(17)24/h1-9,14-15,26H,10-13H2. The highest BCUT2D eigenvalue weighted by molar-refractivity contribution is 6.33. The number of nitrogens with zero attached hydrogens (tertiary/aromatic N) is 3. The molecule has 0 radical (unpaired) electrons. The maximum Gasteiger partial charge on any atom is 0.292 e. The van der Waals surface area contributed by atoms with Gasteiger partial charge in [0.1, 0.15) is 10.8 Å². The Morgan fingerprint density at radius 3 is 2.43 bits per heavy atom. The van der Waals surface area contributed by atoms with E-state index in [1.165, 1.54) is 23.0 Å². The Bertz CT molecular complexity index is 1110. The second kappa shape index (κ2) is 8.67. The number of para-hydroxylation sites is 1. The van der Waals surface area contributed by atoms with E-state index in [-0.39, 0.29) is 22.5 Å². The van der Waals surface area contributed by atoms with Gasteiger partial charge in [-0.25, -0.2) is 4.39 Å². The van der Waals surface area contributed by atoms with E-state index in [0.717, 1.165) is 0 Å². The van der Waals surface area contributed by atoms with E-state index in [1.54, 1.807) is 29.2 Å². The first-order valence-electron chi connectivity index (χ1n) is 9.68. The van der Waals surface area contributed by atoms with Crippen LogP contribution in [0.3, 0.4) is 0 Å². The third-order valence-corrected chi connectivity index (χ3v) is 5.53. The predicted molar refractivity (Wildman–Crippen MR) is 114 cm³/mol. The van der Waals surface area contributed by atoms with E-state index in [1.807, 2.05) is 18.2 Å². The zero-order chi connectivity index (χ0) is 21.1. The minimum absolute atomic E-state index is 0.0287. The van der Waals surface area contributed by atoms with Gasteiger partial charge in [0, 0.05) is 19.1 Å². The van der Waals surface area contributed by atoms with Gasteiger partial charge in [-0.3, -0.25) is 9.59 Å². The molecule has 0 bridgehead atoms. The van der Waals surface area contributed by atoms with Crippen molar-refractivity contribution in [3.8, 4) is 5.69 Å². The zero-order valence-corrected chi connectivity index (χ0v) is 16.8. The fraction of sp³-hybridized carbons (Fsp3) is 0.227. The van der Waals surface area contributed by atoms with Gasteiger partial charge in [-0.05, 0) is 37.1 Å². The summed E-state index contributed by atoms with van der Waals surface area (Å²) in [6.45, 7) is 0.966. The Balaban J connectivity index is 1.42. The lowest BCUT2D eigenvalue weighted by Gasteiger charge is -2.33. The molecule has 3 aromatic rings. The quantitative estimate of drug-likeness (QED) is 0.690. The highest BCUT2D eigenvalue weighted by atomic mass is 35.5. The summed E-state index contributed by atoms with van der Waals surface area (Å²) in [6, 6.07) is 15.1. The molecule has 0 atom stereocenters. The van der Waals surface area contributed by atoms with Crippen molar-refractivity contribution in [2.75, 3.05) is 18.4 Å². The molecule has 1 N–H and O–H groups in total. The van der Waals surface area contributed by atoms with Gasteiger partial charge in [-0.2, -0.15) is 9.78 Å². The lowest BCUT2D eigenvalue weighted by molar-refractivity contribution is 0.0714. The summed E-state index contributed by atoms with van der Waals surface area (Å²) in [4.78, 5) is 26.8. The van der Waals surface area contributed by atoms with Crippen LogP contribution in [-0.4, -0.2) is 39.7 Å².